The van der Waals surface area contributed by atoms with Gasteiger partial charge in [0.1, 0.15) is 5.75 Å². The molecule has 0 bridgehead atoms. The van der Waals surface area contributed by atoms with E-state index in [9.17, 15) is 19.7 Å². The third kappa shape index (κ3) is 3.79. The van der Waals surface area contributed by atoms with Crippen molar-refractivity contribution in [2.45, 2.75) is 25.9 Å². The van der Waals surface area contributed by atoms with E-state index in [1.54, 1.807) is 6.07 Å². The third-order valence-electron chi connectivity index (χ3n) is 5.40. The molecule has 0 aromatic heterocycles. The summed E-state index contributed by atoms with van der Waals surface area (Å²) in [6.45, 7) is 1.44. The number of carbonyl (C=O) groups is 2. The molecule has 0 heterocycles. The predicted octanol–water partition coefficient (Wildman–Crippen LogP) is 4.04. The molecule has 0 spiro atoms. The smallest absolute Gasteiger partial charge is 0.339 e. The molecule has 1 aliphatic carbocycles. The Morgan fingerprint density at radius 2 is 1.84 bits per heavy atom. The molecule has 1 atom stereocenters. The van der Waals surface area contributed by atoms with E-state index in [-0.39, 0.29) is 17.1 Å². The van der Waals surface area contributed by atoms with Crippen LogP contribution in [0.15, 0.2) is 48.5 Å². The summed E-state index contributed by atoms with van der Waals surface area (Å²) < 4.78 is 10.5. The first-order valence-electron chi connectivity index (χ1n) is 9.77. The van der Waals surface area contributed by atoms with Gasteiger partial charge >= 0.3 is 5.97 Å². The largest absolute Gasteiger partial charge is 0.495 e. The van der Waals surface area contributed by atoms with Crippen LogP contribution < -0.4 is 10.1 Å². The van der Waals surface area contributed by atoms with Gasteiger partial charge in [-0.3, -0.25) is 14.9 Å². The average Bonchev–Trinajstić information content (AvgIpc) is 3.18. The number of benzene rings is 3. The predicted molar refractivity (Wildman–Crippen MR) is 115 cm³/mol. The molecule has 1 aliphatic rings. The number of nitro groups is 1. The van der Waals surface area contributed by atoms with E-state index in [0.29, 0.717) is 5.56 Å². The molecule has 1 N–H and O–H groups in total. The quantitative estimate of drug-likeness (QED) is 0.366. The van der Waals surface area contributed by atoms with Gasteiger partial charge < -0.3 is 14.8 Å². The first-order chi connectivity index (χ1) is 14.9. The van der Waals surface area contributed by atoms with Crippen molar-refractivity contribution in [3.63, 3.8) is 0 Å². The fraction of sp³-hybridized carbons (Fsp3) is 0.217. The number of anilines is 1. The Bertz CT molecular complexity index is 1210. The number of esters is 1. The fourth-order valence-electron chi connectivity index (χ4n) is 3.84. The van der Waals surface area contributed by atoms with E-state index in [4.69, 9.17) is 9.47 Å². The summed E-state index contributed by atoms with van der Waals surface area (Å²) in [5.41, 5.74) is 2.72. The number of non-ortho nitro benzene ring substituents is 1. The van der Waals surface area contributed by atoms with Crippen LogP contribution in [0.4, 0.5) is 11.4 Å². The van der Waals surface area contributed by atoms with Crippen LogP contribution in [-0.4, -0.2) is 30.0 Å². The molecule has 8 heteroatoms. The van der Waals surface area contributed by atoms with Crippen LogP contribution in [0.3, 0.4) is 0 Å². The van der Waals surface area contributed by atoms with Gasteiger partial charge in [-0.1, -0.05) is 24.3 Å². The number of nitrogens with zero attached hydrogens (tertiary/aromatic N) is 1. The maximum absolute atomic E-state index is 12.8. The van der Waals surface area contributed by atoms with Crippen molar-refractivity contribution in [2.24, 2.45) is 0 Å². The number of hydrogen-bond donors (Lipinski definition) is 1. The van der Waals surface area contributed by atoms with Crippen LogP contribution in [0.25, 0.3) is 10.8 Å². The lowest BCUT2D eigenvalue weighted by molar-refractivity contribution is -0.384. The molecular formula is C23H20N2O6. The summed E-state index contributed by atoms with van der Waals surface area (Å²) in [5.74, 6) is -0.979. The maximum atomic E-state index is 12.8. The number of hydrogen-bond acceptors (Lipinski definition) is 6. The summed E-state index contributed by atoms with van der Waals surface area (Å²) in [7, 11) is 1.38. The second-order valence-electron chi connectivity index (χ2n) is 7.29. The number of methoxy groups -OCH3 is 1. The van der Waals surface area contributed by atoms with Crippen LogP contribution in [0, 0.1) is 10.1 Å². The number of ether oxygens (including phenoxy) is 2. The average molecular weight is 420 g/mol. The summed E-state index contributed by atoms with van der Waals surface area (Å²) in [6, 6.07) is 13.3. The molecular weight excluding hydrogens is 400 g/mol. The van der Waals surface area contributed by atoms with Crippen LogP contribution in [0.5, 0.6) is 5.75 Å². The highest BCUT2D eigenvalue weighted by atomic mass is 16.6. The number of aryl methyl sites for hydroxylation is 2. The van der Waals surface area contributed by atoms with Gasteiger partial charge in [0.25, 0.3) is 11.6 Å². The lowest BCUT2D eigenvalue weighted by Gasteiger charge is -2.16. The summed E-state index contributed by atoms with van der Waals surface area (Å²) in [6.07, 6.45) is 0.754. The topological polar surface area (TPSA) is 108 Å². The van der Waals surface area contributed by atoms with Gasteiger partial charge in [-0.25, -0.2) is 4.79 Å². The number of nitrogens with one attached hydrogen (secondary N) is 1. The van der Waals surface area contributed by atoms with Gasteiger partial charge in [-0.2, -0.15) is 0 Å². The van der Waals surface area contributed by atoms with Crippen molar-refractivity contribution >= 4 is 34.0 Å². The molecule has 8 nitrogen and oxygen atoms in total. The number of amides is 1. The molecule has 0 radical (unpaired) electrons. The van der Waals surface area contributed by atoms with Crippen LogP contribution in [-0.2, 0) is 22.4 Å². The summed E-state index contributed by atoms with van der Waals surface area (Å²) in [5, 5.41) is 15.4. The Hall–Kier alpha value is -3.94. The Balaban J connectivity index is 1.53. The van der Waals surface area contributed by atoms with E-state index in [1.807, 2.05) is 18.2 Å². The Kier molecular flexibility index (Phi) is 5.29. The lowest BCUT2D eigenvalue weighted by Crippen LogP contribution is -2.30. The second kappa shape index (κ2) is 8.06. The highest BCUT2D eigenvalue weighted by Gasteiger charge is 2.24. The van der Waals surface area contributed by atoms with Crippen molar-refractivity contribution in [2.75, 3.05) is 12.4 Å². The fourth-order valence-corrected chi connectivity index (χ4v) is 3.84. The van der Waals surface area contributed by atoms with Crippen molar-refractivity contribution in [1.82, 2.24) is 0 Å². The van der Waals surface area contributed by atoms with E-state index in [1.165, 1.54) is 43.4 Å². The summed E-state index contributed by atoms with van der Waals surface area (Å²) >= 11 is 0. The van der Waals surface area contributed by atoms with Gasteiger partial charge in [0.05, 0.1) is 23.3 Å². The Morgan fingerprint density at radius 3 is 2.55 bits per heavy atom. The zero-order valence-corrected chi connectivity index (χ0v) is 17.0. The van der Waals surface area contributed by atoms with Crippen LogP contribution in [0.2, 0.25) is 0 Å². The number of rotatable bonds is 6. The molecule has 0 saturated heterocycles. The molecule has 4 rings (SSSR count). The maximum Gasteiger partial charge on any atom is 0.339 e. The zero-order chi connectivity index (χ0) is 22.1. The van der Waals surface area contributed by atoms with E-state index >= 15 is 0 Å². The van der Waals surface area contributed by atoms with Gasteiger partial charge in [0.2, 0.25) is 0 Å². The van der Waals surface area contributed by atoms with Gasteiger partial charge in [0.15, 0.2) is 6.10 Å². The van der Waals surface area contributed by atoms with Crippen molar-refractivity contribution in [3.8, 4) is 5.75 Å². The molecule has 3 aromatic carbocycles. The molecule has 158 valence electrons. The molecule has 1 unspecified atom stereocenters. The third-order valence-corrected chi connectivity index (χ3v) is 5.40. The first-order valence-corrected chi connectivity index (χ1v) is 9.77. The van der Waals surface area contributed by atoms with E-state index < -0.39 is 22.9 Å². The number of carbonyl (C=O) groups excluding carboxylic acids is 2. The van der Waals surface area contributed by atoms with Gasteiger partial charge in [-0.05, 0) is 53.8 Å². The molecule has 0 fully saturated rings. The second-order valence-corrected chi connectivity index (χ2v) is 7.29. The normalized spacial score (nSPS) is 13.0. The summed E-state index contributed by atoms with van der Waals surface area (Å²) in [4.78, 5) is 35.9. The monoisotopic (exact) mass is 420 g/mol. The number of nitro benzene ring substituents is 1. The van der Waals surface area contributed by atoms with E-state index in [0.717, 1.165) is 23.6 Å². The Labute approximate surface area is 177 Å². The van der Waals surface area contributed by atoms with Crippen molar-refractivity contribution in [1.29, 1.82) is 0 Å². The highest BCUT2D eigenvalue weighted by molar-refractivity contribution is 6.08. The molecule has 31 heavy (non-hydrogen) atoms. The highest BCUT2D eigenvalue weighted by Crippen LogP contribution is 2.33. The van der Waals surface area contributed by atoms with E-state index in [2.05, 4.69) is 11.4 Å². The molecule has 3 aromatic rings. The minimum atomic E-state index is -1.13. The molecule has 0 saturated carbocycles. The molecule has 1 amide bonds. The lowest BCUT2D eigenvalue weighted by atomic mass is 10.00. The standard InChI is InChI=1S/C23H20N2O6/c1-13(22(26)24-19-12-16(25(28)29)9-11-20(19)30-2)31-23(27)18-10-8-15-7-6-14-4-3-5-17(18)21(14)15/h3-5,8-13H,6-7H2,1-2H3,(H,24,26). The first kappa shape index (κ1) is 20.3. The Morgan fingerprint density at radius 1 is 1.10 bits per heavy atom. The van der Waals surface area contributed by atoms with Crippen LogP contribution >= 0.6 is 0 Å². The zero-order valence-electron chi connectivity index (χ0n) is 17.0. The molecule has 0 aliphatic heterocycles. The van der Waals surface area contributed by atoms with Crippen molar-refractivity contribution in [3.05, 3.63) is 75.3 Å². The minimum Gasteiger partial charge on any atom is -0.495 e. The van der Waals surface area contributed by atoms with Crippen molar-refractivity contribution < 1.29 is 24.0 Å². The van der Waals surface area contributed by atoms with Crippen LogP contribution in [0.1, 0.15) is 28.4 Å². The SMILES string of the molecule is COc1ccc([N+](=O)[O-])cc1NC(=O)C(C)OC(=O)c1ccc2c3c(cccc13)CC2. The van der Waals surface area contributed by atoms with Gasteiger partial charge in [0, 0.05) is 12.1 Å². The van der Waals surface area contributed by atoms with Gasteiger partial charge in [-0.15, -0.1) is 0 Å². The minimum absolute atomic E-state index is 0.120.